The first-order valence-electron chi connectivity index (χ1n) is 6.54. The van der Waals surface area contributed by atoms with E-state index < -0.39 is 0 Å². The van der Waals surface area contributed by atoms with Crippen LogP contribution in [0, 0.1) is 6.92 Å². The van der Waals surface area contributed by atoms with Gasteiger partial charge in [-0.3, -0.25) is 0 Å². The maximum absolute atomic E-state index is 4.42. The van der Waals surface area contributed by atoms with E-state index in [4.69, 9.17) is 0 Å². The summed E-state index contributed by atoms with van der Waals surface area (Å²) in [7, 11) is 0. The summed E-state index contributed by atoms with van der Waals surface area (Å²) in [6, 6.07) is 8.88. The molecule has 0 fully saturated rings. The molecule has 18 heavy (non-hydrogen) atoms. The molecule has 1 aromatic heterocycles. The summed E-state index contributed by atoms with van der Waals surface area (Å²) in [6.45, 7) is 7.28. The molecule has 1 heterocycles. The largest absolute Gasteiger partial charge is 0.341 e. The van der Waals surface area contributed by atoms with Gasteiger partial charge in [0, 0.05) is 11.6 Å². The highest BCUT2D eigenvalue weighted by atomic mass is 15.0. The second-order valence-electron chi connectivity index (χ2n) is 4.75. The molecule has 0 bridgehead atoms. The van der Waals surface area contributed by atoms with Crippen LogP contribution in [0.3, 0.4) is 0 Å². The third kappa shape index (κ3) is 2.99. The predicted octanol–water partition coefficient (Wildman–Crippen LogP) is 3.27. The summed E-state index contributed by atoms with van der Waals surface area (Å²) in [6.07, 6.45) is 3.04. The van der Waals surface area contributed by atoms with Gasteiger partial charge >= 0.3 is 0 Å². The van der Waals surface area contributed by atoms with Gasteiger partial charge in [-0.15, -0.1) is 0 Å². The van der Waals surface area contributed by atoms with Gasteiger partial charge < -0.3 is 10.3 Å². The van der Waals surface area contributed by atoms with Crippen LogP contribution in [-0.2, 0) is 6.54 Å². The van der Waals surface area contributed by atoms with Crippen molar-refractivity contribution in [3.63, 3.8) is 0 Å². The number of hydrogen-bond acceptors (Lipinski definition) is 2. The molecule has 2 N–H and O–H groups in total. The zero-order valence-corrected chi connectivity index (χ0v) is 11.3. The van der Waals surface area contributed by atoms with Crippen LogP contribution in [-0.4, -0.2) is 16.0 Å². The Morgan fingerprint density at radius 1 is 1.33 bits per heavy atom. The summed E-state index contributed by atoms with van der Waals surface area (Å²) in [5.41, 5.74) is 3.58. The molecule has 96 valence electrons. The lowest BCUT2D eigenvalue weighted by atomic mass is 10.1. The zero-order valence-electron chi connectivity index (χ0n) is 11.3. The molecule has 0 saturated carbocycles. The first-order valence-corrected chi connectivity index (χ1v) is 6.54. The number of H-pyrrole nitrogens is 1. The van der Waals surface area contributed by atoms with Crippen LogP contribution in [0.4, 0.5) is 0 Å². The first-order chi connectivity index (χ1) is 8.70. The topological polar surface area (TPSA) is 40.7 Å². The molecular formula is C15H21N3. The summed E-state index contributed by atoms with van der Waals surface area (Å²) in [5, 5.41) is 3.43. The van der Waals surface area contributed by atoms with Crippen molar-refractivity contribution in [2.75, 3.05) is 0 Å². The van der Waals surface area contributed by atoms with Crippen molar-refractivity contribution in [3.8, 4) is 11.3 Å². The van der Waals surface area contributed by atoms with Gasteiger partial charge in [0.05, 0.1) is 18.4 Å². The first kappa shape index (κ1) is 12.8. The highest BCUT2D eigenvalue weighted by molar-refractivity contribution is 5.62. The minimum Gasteiger partial charge on any atom is -0.341 e. The molecule has 0 spiro atoms. The number of aromatic nitrogens is 2. The third-order valence-electron chi connectivity index (χ3n) is 3.29. The van der Waals surface area contributed by atoms with Crippen molar-refractivity contribution < 1.29 is 0 Å². The minimum absolute atomic E-state index is 0.525. The van der Waals surface area contributed by atoms with Crippen LogP contribution < -0.4 is 5.32 Å². The summed E-state index contributed by atoms with van der Waals surface area (Å²) in [5.74, 6) is 0.994. The fourth-order valence-corrected chi connectivity index (χ4v) is 1.88. The van der Waals surface area contributed by atoms with Crippen molar-refractivity contribution in [1.82, 2.24) is 15.3 Å². The lowest BCUT2D eigenvalue weighted by Crippen LogP contribution is -2.24. The monoisotopic (exact) mass is 243 g/mol. The predicted molar refractivity (Wildman–Crippen MR) is 75.4 cm³/mol. The van der Waals surface area contributed by atoms with Gasteiger partial charge in [0.1, 0.15) is 5.82 Å². The van der Waals surface area contributed by atoms with E-state index in [0.717, 1.165) is 24.5 Å². The second kappa shape index (κ2) is 5.83. The number of nitrogens with zero attached hydrogens (tertiary/aromatic N) is 1. The molecule has 1 unspecified atom stereocenters. The van der Waals surface area contributed by atoms with Gasteiger partial charge in [-0.2, -0.15) is 0 Å². The van der Waals surface area contributed by atoms with Gasteiger partial charge in [0.2, 0.25) is 0 Å². The summed E-state index contributed by atoms with van der Waals surface area (Å²) >= 11 is 0. The molecule has 0 aliphatic rings. The molecule has 1 atom stereocenters. The van der Waals surface area contributed by atoms with E-state index in [1.807, 2.05) is 6.20 Å². The number of benzene rings is 1. The standard InChI is InChI=1S/C15H21N3/c1-4-12(3)16-10-15-17-9-14(18-15)13-8-6-5-7-11(13)2/h5-9,12,16H,4,10H2,1-3H3,(H,17,18). The van der Waals surface area contributed by atoms with E-state index in [1.54, 1.807) is 0 Å². The molecule has 3 nitrogen and oxygen atoms in total. The average Bonchev–Trinajstić information content (AvgIpc) is 2.85. The third-order valence-corrected chi connectivity index (χ3v) is 3.29. The van der Waals surface area contributed by atoms with Gasteiger partial charge in [0.15, 0.2) is 0 Å². The number of rotatable bonds is 5. The smallest absolute Gasteiger partial charge is 0.120 e. The Morgan fingerprint density at radius 2 is 2.11 bits per heavy atom. The van der Waals surface area contributed by atoms with Crippen LogP contribution >= 0.6 is 0 Å². The van der Waals surface area contributed by atoms with Gasteiger partial charge in [0.25, 0.3) is 0 Å². The molecule has 0 amide bonds. The zero-order chi connectivity index (χ0) is 13.0. The van der Waals surface area contributed by atoms with Crippen LogP contribution in [0.15, 0.2) is 30.5 Å². The Hall–Kier alpha value is -1.61. The minimum atomic E-state index is 0.525. The van der Waals surface area contributed by atoms with E-state index in [2.05, 4.69) is 60.3 Å². The maximum Gasteiger partial charge on any atom is 0.120 e. The second-order valence-corrected chi connectivity index (χ2v) is 4.75. The highest BCUT2D eigenvalue weighted by Crippen LogP contribution is 2.20. The maximum atomic E-state index is 4.42. The number of aromatic amines is 1. The molecule has 0 aliphatic carbocycles. The quantitative estimate of drug-likeness (QED) is 0.846. The van der Waals surface area contributed by atoms with Crippen molar-refractivity contribution in [3.05, 3.63) is 41.9 Å². The van der Waals surface area contributed by atoms with Crippen LogP contribution in [0.2, 0.25) is 0 Å². The van der Waals surface area contributed by atoms with Crippen molar-refractivity contribution in [2.24, 2.45) is 0 Å². The Morgan fingerprint density at radius 3 is 2.83 bits per heavy atom. The van der Waals surface area contributed by atoms with Gasteiger partial charge in [-0.05, 0) is 25.8 Å². The Labute approximate surface area is 109 Å². The molecule has 2 aromatic rings. The van der Waals surface area contributed by atoms with E-state index in [-0.39, 0.29) is 0 Å². The van der Waals surface area contributed by atoms with Gasteiger partial charge in [-0.1, -0.05) is 31.2 Å². The number of aryl methyl sites for hydroxylation is 1. The fourth-order valence-electron chi connectivity index (χ4n) is 1.88. The SMILES string of the molecule is CCC(C)NCc1ncc(-c2ccccc2C)[nH]1. The molecular weight excluding hydrogens is 222 g/mol. The molecule has 3 heteroatoms. The number of nitrogens with one attached hydrogen (secondary N) is 2. The molecule has 1 aromatic carbocycles. The van der Waals surface area contributed by atoms with Crippen LogP contribution in [0.25, 0.3) is 11.3 Å². The normalized spacial score (nSPS) is 12.6. The van der Waals surface area contributed by atoms with Crippen LogP contribution in [0.5, 0.6) is 0 Å². The fraction of sp³-hybridized carbons (Fsp3) is 0.400. The van der Waals surface area contributed by atoms with Crippen molar-refractivity contribution >= 4 is 0 Å². The molecule has 2 rings (SSSR count). The Bertz CT molecular complexity index is 502. The van der Waals surface area contributed by atoms with E-state index >= 15 is 0 Å². The van der Waals surface area contributed by atoms with E-state index in [0.29, 0.717) is 6.04 Å². The average molecular weight is 243 g/mol. The summed E-state index contributed by atoms with van der Waals surface area (Å²) < 4.78 is 0. The van der Waals surface area contributed by atoms with Crippen LogP contribution in [0.1, 0.15) is 31.7 Å². The van der Waals surface area contributed by atoms with Crippen molar-refractivity contribution in [1.29, 1.82) is 0 Å². The number of hydrogen-bond donors (Lipinski definition) is 2. The lowest BCUT2D eigenvalue weighted by molar-refractivity contribution is 0.525. The molecule has 0 radical (unpaired) electrons. The molecule has 0 saturated heterocycles. The molecule has 0 aliphatic heterocycles. The van der Waals surface area contributed by atoms with Gasteiger partial charge in [-0.25, -0.2) is 4.98 Å². The van der Waals surface area contributed by atoms with E-state index in [9.17, 15) is 0 Å². The summed E-state index contributed by atoms with van der Waals surface area (Å²) in [4.78, 5) is 7.80. The van der Waals surface area contributed by atoms with Crippen molar-refractivity contribution in [2.45, 2.75) is 39.8 Å². The lowest BCUT2D eigenvalue weighted by Gasteiger charge is -2.09. The number of imidazole rings is 1. The highest BCUT2D eigenvalue weighted by Gasteiger charge is 2.06. The Kier molecular flexibility index (Phi) is 4.15. The Balaban J connectivity index is 2.09. The van der Waals surface area contributed by atoms with E-state index in [1.165, 1.54) is 11.1 Å².